The first kappa shape index (κ1) is 32.3. The zero-order valence-corrected chi connectivity index (χ0v) is 19.7. The molecule has 0 saturated heterocycles. The largest absolute Gasteiger partial charge is 0.457 e. The molecule has 0 heterocycles. The molecule has 42 heavy (non-hydrogen) atoms. The number of hydrogen-bond donors (Lipinski definition) is 2. The number of alkyl halides is 15. The van der Waals surface area contributed by atoms with E-state index in [1.54, 1.807) is 0 Å². The van der Waals surface area contributed by atoms with E-state index in [1.807, 2.05) is 0 Å². The van der Waals surface area contributed by atoms with Crippen LogP contribution in [-0.4, -0.2) is 0 Å². The smallest absolute Gasteiger partial charge is 0.420 e. The van der Waals surface area contributed by atoms with Crippen LogP contribution >= 0.6 is 0 Å². The molecule has 0 unspecified atom stereocenters. The van der Waals surface area contributed by atoms with Crippen LogP contribution in [0.15, 0.2) is 42.5 Å². The van der Waals surface area contributed by atoms with Gasteiger partial charge in [0.05, 0.1) is 11.1 Å². The number of anilines is 2. The van der Waals surface area contributed by atoms with Crippen molar-refractivity contribution < 1.29 is 75.3 Å². The van der Waals surface area contributed by atoms with Gasteiger partial charge in [0.2, 0.25) is 0 Å². The van der Waals surface area contributed by atoms with E-state index in [0.717, 1.165) is 0 Å². The van der Waals surface area contributed by atoms with E-state index < -0.39 is 93.1 Å². The maximum Gasteiger partial charge on any atom is 0.420 e. The van der Waals surface area contributed by atoms with Gasteiger partial charge in [-0.05, 0) is 42.5 Å². The minimum absolute atomic E-state index is 0.158. The van der Waals surface area contributed by atoms with Crippen LogP contribution in [0.4, 0.5) is 77.2 Å². The summed E-state index contributed by atoms with van der Waals surface area (Å²) in [6.45, 7) is 0. The number of nitrogens with two attached hydrogens (primary N) is 2. The highest BCUT2D eigenvalue weighted by molar-refractivity contribution is 5.61. The Labute approximate surface area is 223 Å². The molecule has 230 valence electrons. The first-order chi connectivity index (χ1) is 18.8. The highest BCUT2D eigenvalue weighted by Crippen LogP contribution is 2.51. The maximum atomic E-state index is 13.8. The van der Waals surface area contributed by atoms with E-state index in [0.29, 0.717) is 12.1 Å². The van der Waals surface area contributed by atoms with Gasteiger partial charge in [0, 0.05) is 11.4 Å². The fourth-order valence-electron chi connectivity index (χ4n) is 3.67. The second-order valence-electron chi connectivity index (χ2n) is 8.16. The first-order valence-electron chi connectivity index (χ1n) is 10.5. The molecule has 0 saturated carbocycles. The van der Waals surface area contributed by atoms with Crippen LogP contribution in [0.25, 0.3) is 0 Å². The molecule has 3 rings (SSSR count). The number of ether oxygens (including phenoxy) is 2. The molecule has 0 aliphatic rings. The number of rotatable bonds is 4. The number of benzene rings is 3. The maximum absolute atomic E-state index is 13.8. The predicted molar refractivity (Wildman–Crippen MR) is 113 cm³/mol. The zero-order chi connectivity index (χ0) is 32.2. The Morgan fingerprint density at radius 3 is 1.12 bits per heavy atom. The number of halogens is 15. The summed E-state index contributed by atoms with van der Waals surface area (Å²) in [5, 5.41) is 0. The number of hydrogen-bond acceptors (Lipinski definition) is 4. The first-order valence-corrected chi connectivity index (χ1v) is 10.5. The molecule has 3 aromatic rings. The van der Waals surface area contributed by atoms with Crippen LogP contribution in [0.1, 0.15) is 27.8 Å². The van der Waals surface area contributed by atoms with Gasteiger partial charge >= 0.3 is 30.9 Å². The van der Waals surface area contributed by atoms with Crippen molar-refractivity contribution in [2.24, 2.45) is 0 Å². The summed E-state index contributed by atoms with van der Waals surface area (Å²) < 4.78 is 212. The molecule has 0 atom stereocenters. The van der Waals surface area contributed by atoms with Crippen LogP contribution < -0.4 is 20.9 Å². The quantitative estimate of drug-likeness (QED) is 0.222. The van der Waals surface area contributed by atoms with Crippen molar-refractivity contribution in [2.75, 3.05) is 11.5 Å². The lowest BCUT2D eigenvalue weighted by Crippen LogP contribution is -2.20. The highest BCUT2D eigenvalue weighted by Gasteiger charge is 2.49. The third kappa shape index (κ3) is 6.64. The molecule has 0 spiro atoms. The van der Waals surface area contributed by atoms with Gasteiger partial charge in [-0.15, -0.1) is 0 Å². The summed E-state index contributed by atoms with van der Waals surface area (Å²) in [6.07, 6.45) is -28.7. The molecule has 0 amide bonds. The third-order valence-electron chi connectivity index (χ3n) is 5.24. The van der Waals surface area contributed by atoms with Gasteiger partial charge in [0.25, 0.3) is 0 Å². The second kappa shape index (κ2) is 10.3. The van der Waals surface area contributed by atoms with Crippen molar-refractivity contribution in [2.45, 2.75) is 30.9 Å². The van der Waals surface area contributed by atoms with Gasteiger partial charge in [-0.3, -0.25) is 0 Å². The monoisotopic (exact) mass is 632 g/mol. The summed E-state index contributed by atoms with van der Waals surface area (Å²) in [7, 11) is 0. The van der Waals surface area contributed by atoms with E-state index in [1.165, 1.54) is 0 Å². The van der Waals surface area contributed by atoms with Gasteiger partial charge in [0.15, 0.2) is 0 Å². The molecular weight excluding hydrogens is 621 g/mol. The second-order valence-corrected chi connectivity index (χ2v) is 8.16. The Morgan fingerprint density at radius 1 is 0.405 bits per heavy atom. The molecule has 0 aromatic heterocycles. The summed E-state index contributed by atoms with van der Waals surface area (Å²) in [5.41, 5.74) is -4.84. The van der Waals surface area contributed by atoms with Crippen LogP contribution in [0.5, 0.6) is 23.0 Å². The molecule has 4 N–H and O–H groups in total. The molecule has 4 nitrogen and oxygen atoms in total. The average molecular weight is 632 g/mol. The standard InChI is InChI=1S/C23H11F15N2O2/c24-19(25,26)9-7-8(41-13-5-2-10(39)15(20(27,28)29)17(13)22(33,34)35)1-4-12(9)42-14-6-3-11(40)16(21(30,31)32)18(14)23(36,37)38/h1-7H,39-40H2. The minimum Gasteiger partial charge on any atom is -0.457 e. The van der Waals surface area contributed by atoms with E-state index in [9.17, 15) is 65.9 Å². The molecular formula is C23H11F15N2O2. The Morgan fingerprint density at radius 2 is 0.762 bits per heavy atom. The zero-order valence-electron chi connectivity index (χ0n) is 19.7. The Hall–Kier alpha value is -4.19. The predicted octanol–water partition coefficient (Wildman–Crippen LogP) is 9.53. The van der Waals surface area contributed by atoms with E-state index >= 15 is 0 Å². The Bertz CT molecular complexity index is 1480. The fraction of sp³-hybridized carbons (Fsp3) is 0.217. The van der Waals surface area contributed by atoms with Crippen LogP contribution in [0.2, 0.25) is 0 Å². The fourth-order valence-corrected chi connectivity index (χ4v) is 3.67. The van der Waals surface area contributed by atoms with Gasteiger partial charge in [-0.25, -0.2) is 0 Å². The van der Waals surface area contributed by atoms with Crippen molar-refractivity contribution in [3.63, 3.8) is 0 Å². The molecule has 0 radical (unpaired) electrons. The van der Waals surface area contributed by atoms with Crippen molar-refractivity contribution in [3.05, 3.63) is 70.3 Å². The summed E-state index contributed by atoms with van der Waals surface area (Å²) in [5.74, 6) is -6.24. The normalized spacial score (nSPS) is 13.3. The van der Waals surface area contributed by atoms with Crippen molar-refractivity contribution in [1.82, 2.24) is 0 Å². The molecule has 19 heteroatoms. The van der Waals surface area contributed by atoms with E-state index in [-0.39, 0.29) is 30.3 Å². The van der Waals surface area contributed by atoms with Crippen molar-refractivity contribution >= 4 is 11.4 Å². The summed E-state index contributed by atoms with van der Waals surface area (Å²) >= 11 is 0. The SMILES string of the molecule is Nc1ccc(Oc2ccc(Oc3ccc(N)c(C(F)(F)F)c3C(F)(F)F)c(C(F)(F)F)c2)c(C(F)(F)F)c1C(F)(F)F. The van der Waals surface area contributed by atoms with Gasteiger partial charge in [0.1, 0.15) is 39.7 Å². The average Bonchev–Trinajstić information content (AvgIpc) is 2.78. The highest BCUT2D eigenvalue weighted by atomic mass is 19.4. The van der Waals surface area contributed by atoms with Crippen LogP contribution in [-0.2, 0) is 30.9 Å². The van der Waals surface area contributed by atoms with Crippen molar-refractivity contribution in [1.29, 1.82) is 0 Å². The minimum atomic E-state index is -5.86. The van der Waals surface area contributed by atoms with Crippen LogP contribution in [0.3, 0.4) is 0 Å². The Kier molecular flexibility index (Phi) is 7.90. The molecule has 0 bridgehead atoms. The molecule has 0 fully saturated rings. The lowest BCUT2D eigenvalue weighted by molar-refractivity contribution is -0.162. The van der Waals surface area contributed by atoms with Gasteiger partial charge in [-0.2, -0.15) is 65.9 Å². The van der Waals surface area contributed by atoms with Crippen LogP contribution in [0, 0.1) is 0 Å². The van der Waals surface area contributed by atoms with E-state index in [2.05, 4.69) is 9.47 Å². The summed E-state index contributed by atoms with van der Waals surface area (Å²) in [6, 6.07) is 1.42. The summed E-state index contributed by atoms with van der Waals surface area (Å²) in [4.78, 5) is 0. The van der Waals surface area contributed by atoms with Crippen molar-refractivity contribution in [3.8, 4) is 23.0 Å². The van der Waals surface area contributed by atoms with Gasteiger partial charge in [-0.1, -0.05) is 0 Å². The molecule has 0 aliphatic heterocycles. The van der Waals surface area contributed by atoms with Gasteiger partial charge < -0.3 is 20.9 Å². The van der Waals surface area contributed by atoms with E-state index in [4.69, 9.17) is 11.5 Å². The lowest BCUT2D eigenvalue weighted by atomic mass is 10.0. The topological polar surface area (TPSA) is 70.5 Å². The number of nitrogen functional groups attached to an aromatic ring is 2. The molecule has 3 aromatic carbocycles. The Balaban J connectivity index is 2.19. The third-order valence-corrected chi connectivity index (χ3v) is 5.24. The molecule has 0 aliphatic carbocycles. The lowest BCUT2D eigenvalue weighted by Gasteiger charge is -2.23.